The van der Waals surface area contributed by atoms with E-state index in [1.807, 2.05) is 47.8 Å². The van der Waals surface area contributed by atoms with Crippen LogP contribution in [0.25, 0.3) is 33.4 Å². The van der Waals surface area contributed by atoms with Gasteiger partial charge in [-0.3, -0.25) is 0 Å². The van der Waals surface area contributed by atoms with E-state index in [9.17, 15) is 0 Å². The first-order chi connectivity index (χ1) is 13.7. The third-order valence-corrected chi connectivity index (χ3v) is 5.58. The van der Waals surface area contributed by atoms with E-state index >= 15 is 0 Å². The average Bonchev–Trinajstić information content (AvgIpc) is 3.37. The average molecular weight is 392 g/mol. The molecule has 0 bridgehead atoms. The lowest BCUT2D eigenvalue weighted by Gasteiger charge is -2.35. The lowest BCUT2D eigenvalue weighted by molar-refractivity contribution is -0.00541. The zero-order valence-electron chi connectivity index (χ0n) is 15.7. The number of benzene rings is 1. The minimum absolute atomic E-state index is 0.121. The SMILES string of the molecule is C[C@@H]1CN(c2nc(-c3cccs3)nc3nc(-c4ccccc4)oc23)C[C@H](C)O1. The molecule has 0 spiro atoms. The molecule has 142 valence electrons. The van der Waals surface area contributed by atoms with Crippen LogP contribution in [0.3, 0.4) is 0 Å². The van der Waals surface area contributed by atoms with Crippen LogP contribution in [-0.2, 0) is 4.74 Å². The molecule has 2 atom stereocenters. The van der Waals surface area contributed by atoms with Gasteiger partial charge < -0.3 is 14.1 Å². The lowest BCUT2D eigenvalue weighted by Crippen LogP contribution is -2.46. The normalized spacial score (nSPS) is 20.0. The first kappa shape index (κ1) is 17.3. The van der Waals surface area contributed by atoms with Crippen LogP contribution in [0.1, 0.15) is 13.8 Å². The van der Waals surface area contributed by atoms with E-state index in [0.717, 1.165) is 29.3 Å². The van der Waals surface area contributed by atoms with Crippen LogP contribution in [0.15, 0.2) is 52.3 Å². The maximum absolute atomic E-state index is 6.17. The van der Waals surface area contributed by atoms with Crippen LogP contribution in [0.5, 0.6) is 0 Å². The summed E-state index contributed by atoms with van der Waals surface area (Å²) in [7, 11) is 0. The minimum Gasteiger partial charge on any atom is -0.430 e. The first-order valence-corrected chi connectivity index (χ1v) is 10.2. The van der Waals surface area contributed by atoms with Crippen LogP contribution in [-0.4, -0.2) is 40.2 Å². The molecule has 7 heteroatoms. The highest BCUT2D eigenvalue weighted by molar-refractivity contribution is 7.13. The molecule has 1 aromatic carbocycles. The van der Waals surface area contributed by atoms with Gasteiger partial charge in [-0.15, -0.1) is 11.3 Å². The maximum atomic E-state index is 6.17. The number of nitrogens with zero attached hydrogens (tertiary/aromatic N) is 4. The molecule has 1 saturated heterocycles. The molecule has 0 radical (unpaired) electrons. The molecule has 0 unspecified atom stereocenters. The Morgan fingerprint density at radius 1 is 0.964 bits per heavy atom. The van der Waals surface area contributed by atoms with Crippen LogP contribution in [0.2, 0.25) is 0 Å². The second kappa shape index (κ2) is 7.00. The van der Waals surface area contributed by atoms with Crippen LogP contribution < -0.4 is 4.90 Å². The van der Waals surface area contributed by atoms with Gasteiger partial charge in [0.2, 0.25) is 17.1 Å². The summed E-state index contributed by atoms with van der Waals surface area (Å²) in [4.78, 5) is 17.5. The summed E-state index contributed by atoms with van der Waals surface area (Å²) in [5.41, 5.74) is 2.13. The Hall–Kier alpha value is -2.77. The number of aromatic nitrogens is 3. The van der Waals surface area contributed by atoms with Crippen LogP contribution in [0.4, 0.5) is 5.82 Å². The Kier molecular flexibility index (Phi) is 4.33. The molecule has 1 aliphatic rings. The highest BCUT2D eigenvalue weighted by Gasteiger charge is 2.28. The van der Waals surface area contributed by atoms with Gasteiger partial charge in [-0.05, 0) is 37.4 Å². The number of fused-ring (bicyclic) bond motifs is 1. The minimum atomic E-state index is 0.121. The van der Waals surface area contributed by atoms with Crippen molar-refractivity contribution >= 4 is 28.4 Å². The van der Waals surface area contributed by atoms with Crippen molar-refractivity contribution in [2.75, 3.05) is 18.0 Å². The summed E-state index contributed by atoms with van der Waals surface area (Å²) < 4.78 is 12.1. The van der Waals surface area contributed by atoms with E-state index in [2.05, 4.69) is 23.7 Å². The van der Waals surface area contributed by atoms with E-state index < -0.39 is 0 Å². The number of morpholine rings is 1. The number of oxazole rings is 1. The maximum Gasteiger partial charge on any atom is 0.229 e. The Morgan fingerprint density at radius 2 is 1.75 bits per heavy atom. The number of rotatable bonds is 3. The summed E-state index contributed by atoms with van der Waals surface area (Å²) >= 11 is 1.62. The van der Waals surface area contributed by atoms with Gasteiger partial charge in [-0.25, -0.2) is 9.97 Å². The second-order valence-electron chi connectivity index (χ2n) is 7.05. The van der Waals surface area contributed by atoms with Gasteiger partial charge in [0.1, 0.15) is 0 Å². The largest absolute Gasteiger partial charge is 0.430 e. The molecule has 28 heavy (non-hydrogen) atoms. The van der Waals surface area contributed by atoms with E-state index in [1.165, 1.54) is 0 Å². The van der Waals surface area contributed by atoms with Crippen molar-refractivity contribution in [3.05, 3.63) is 47.8 Å². The predicted molar refractivity (Wildman–Crippen MR) is 111 cm³/mol. The van der Waals surface area contributed by atoms with Crippen molar-refractivity contribution in [1.29, 1.82) is 0 Å². The smallest absolute Gasteiger partial charge is 0.229 e. The van der Waals surface area contributed by atoms with Gasteiger partial charge in [0.05, 0.1) is 17.1 Å². The molecule has 5 rings (SSSR count). The summed E-state index contributed by atoms with van der Waals surface area (Å²) in [5.74, 6) is 2.02. The first-order valence-electron chi connectivity index (χ1n) is 9.35. The summed E-state index contributed by atoms with van der Waals surface area (Å²) in [6.45, 7) is 5.66. The molecule has 0 N–H and O–H groups in total. The van der Waals surface area contributed by atoms with E-state index in [-0.39, 0.29) is 12.2 Å². The molecule has 1 fully saturated rings. The van der Waals surface area contributed by atoms with E-state index in [0.29, 0.717) is 22.9 Å². The highest BCUT2D eigenvalue weighted by Crippen LogP contribution is 2.33. The molecular weight excluding hydrogens is 372 g/mol. The van der Waals surface area contributed by atoms with Gasteiger partial charge in [0, 0.05) is 18.7 Å². The van der Waals surface area contributed by atoms with E-state index in [4.69, 9.17) is 19.1 Å². The van der Waals surface area contributed by atoms with Gasteiger partial charge in [0.15, 0.2) is 11.6 Å². The van der Waals surface area contributed by atoms with Gasteiger partial charge in [-0.1, -0.05) is 24.3 Å². The van der Waals surface area contributed by atoms with Gasteiger partial charge >= 0.3 is 0 Å². The van der Waals surface area contributed by atoms with Crippen molar-refractivity contribution in [1.82, 2.24) is 15.0 Å². The third-order valence-electron chi connectivity index (χ3n) is 4.72. The highest BCUT2D eigenvalue weighted by atomic mass is 32.1. The number of anilines is 1. The second-order valence-corrected chi connectivity index (χ2v) is 8.00. The Balaban J connectivity index is 1.68. The zero-order valence-corrected chi connectivity index (χ0v) is 16.5. The topological polar surface area (TPSA) is 64.3 Å². The lowest BCUT2D eigenvalue weighted by atomic mass is 10.2. The molecule has 1 aliphatic heterocycles. The molecule has 4 heterocycles. The van der Waals surface area contributed by atoms with Crippen molar-refractivity contribution < 1.29 is 9.15 Å². The van der Waals surface area contributed by atoms with Crippen molar-refractivity contribution in [2.24, 2.45) is 0 Å². The number of thiophene rings is 1. The number of hydrogen-bond acceptors (Lipinski definition) is 7. The number of ether oxygens (including phenoxy) is 1. The van der Waals surface area contributed by atoms with Crippen molar-refractivity contribution in [2.45, 2.75) is 26.1 Å². The standard InChI is InChI=1S/C21H20N4O2S/c1-13-11-25(12-14(2)26-13)20-17-19(22-18(23-20)16-9-6-10-28-16)24-21(27-17)15-7-4-3-5-8-15/h3-10,13-14H,11-12H2,1-2H3/t13-,14+. The fraction of sp³-hybridized carbons (Fsp3) is 0.286. The Bertz CT molecular complexity index is 1080. The quantitative estimate of drug-likeness (QED) is 0.507. The molecule has 3 aromatic heterocycles. The third kappa shape index (κ3) is 3.16. The van der Waals surface area contributed by atoms with Crippen LogP contribution in [0, 0.1) is 0 Å². The number of hydrogen-bond donors (Lipinski definition) is 0. The predicted octanol–water partition coefficient (Wildman–Crippen LogP) is 4.63. The molecule has 6 nitrogen and oxygen atoms in total. The van der Waals surface area contributed by atoms with Crippen molar-refractivity contribution in [3.8, 4) is 22.2 Å². The van der Waals surface area contributed by atoms with Gasteiger partial charge in [-0.2, -0.15) is 4.98 Å². The molecule has 0 amide bonds. The Labute approximate surface area is 166 Å². The monoisotopic (exact) mass is 392 g/mol. The summed E-state index contributed by atoms with van der Waals surface area (Å²) in [6.07, 6.45) is 0.242. The fourth-order valence-corrected chi connectivity index (χ4v) is 4.25. The van der Waals surface area contributed by atoms with E-state index in [1.54, 1.807) is 11.3 Å². The fourth-order valence-electron chi connectivity index (χ4n) is 3.60. The molecule has 0 aliphatic carbocycles. The Morgan fingerprint density at radius 3 is 2.46 bits per heavy atom. The van der Waals surface area contributed by atoms with Gasteiger partial charge in [0.25, 0.3) is 0 Å². The van der Waals surface area contributed by atoms with Crippen LogP contribution >= 0.6 is 11.3 Å². The summed E-state index contributed by atoms with van der Waals surface area (Å²) in [5, 5.41) is 2.03. The summed E-state index contributed by atoms with van der Waals surface area (Å²) in [6, 6.07) is 13.9. The molecule has 0 saturated carbocycles. The van der Waals surface area contributed by atoms with Crippen molar-refractivity contribution in [3.63, 3.8) is 0 Å². The molecule has 4 aromatic rings. The molecular formula is C21H20N4O2S. The zero-order chi connectivity index (χ0) is 19.1.